The number of nitrogens with one attached hydrogen (secondary N) is 1. The minimum atomic E-state index is -3.66. The van der Waals surface area contributed by atoms with Gasteiger partial charge in [0.05, 0.1) is 6.54 Å². The van der Waals surface area contributed by atoms with E-state index in [0.29, 0.717) is 17.1 Å². The number of sulfonamides is 1. The molecule has 20 heavy (non-hydrogen) atoms. The molecule has 2 aromatic heterocycles. The molecule has 0 aliphatic carbocycles. The van der Waals surface area contributed by atoms with Gasteiger partial charge in [-0.05, 0) is 20.8 Å². The molecule has 0 atom stereocenters. The maximum absolute atomic E-state index is 12.4. The van der Waals surface area contributed by atoms with Crippen molar-refractivity contribution in [1.29, 1.82) is 0 Å². The highest BCUT2D eigenvalue weighted by molar-refractivity contribution is 7.89. The second-order valence-electron chi connectivity index (χ2n) is 4.43. The summed E-state index contributed by atoms with van der Waals surface area (Å²) >= 11 is 1.42. The van der Waals surface area contributed by atoms with Crippen LogP contribution in [-0.2, 0) is 23.1 Å². The van der Waals surface area contributed by atoms with Crippen LogP contribution >= 0.6 is 11.3 Å². The maximum Gasteiger partial charge on any atom is 0.244 e. The standard InChI is InChI=1S/C12H17N3O3S2/c1-7-6-19-11(15-7)5-14-20(16,17)12-9(3)18-8(2)10(12)4-13/h6,14H,4-5,13H2,1-3H3. The van der Waals surface area contributed by atoms with Gasteiger partial charge in [0.2, 0.25) is 10.0 Å². The predicted molar refractivity (Wildman–Crippen MR) is 76.9 cm³/mol. The highest BCUT2D eigenvalue weighted by Gasteiger charge is 2.26. The van der Waals surface area contributed by atoms with Crippen molar-refractivity contribution in [3.05, 3.63) is 33.2 Å². The zero-order valence-corrected chi connectivity index (χ0v) is 13.2. The largest absolute Gasteiger partial charge is 0.465 e. The Labute approximate surface area is 122 Å². The number of hydrogen-bond acceptors (Lipinski definition) is 6. The Morgan fingerprint density at radius 3 is 2.60 bits per heavy atom. The molecule has 2 aromatic rings. The summed E-state index contributed by atoms with van der Waals surface area (Å²) in [7, 11) is -3.66. The topological polar surface area (TPSA) is 98.2 Å². The molecule has 110 valence electrons. The van der Waals surface area contributed by atoms with Crippen LogP contribution in [0.3, 0.4) is 0 Å². The number of hydrogen-bond donors (Lipinski definition) is 2. The molecule has 0 aliphatic heterocycles. The lowest BCUT2D eigenvalue weighted by Crippen LogP contribution is -2.25. The number of rotatable bonds is 5. The molecule has 0 radical (unpaired) electrons. The molecule has 0 unspecified atom stereocenters. The first-order chi connectivity index (χ1) is 9.35. The number of nitrogens with two attached hydrogens (primary N) is 1. The van der Waals surface area contributed by atoms with Gasteiger partial charge in [0.15, 0.2) is 0 Å². The van der Waals surface area contributed by atoms with Gasteiger partial charge in [-0.1, -0.05) is 0 Å². The van der Waals surface area contributed by atoms with Crippen LogP contribution in [0.15, 0.2) is 14.7 Å². The Bertz CT molecular complexity index is 716. The van der Waals surface area contributed by atoms with Gasteiger partial charge in [-0.15, -0.1) is 11.3 Å². The van der Waals surface area contributed by atoms with E-state index in [2.05, 4.69) is 9.71 Å². The third-order valence-electron chi connectivity index (χ3n) is 2.88. The van der Waals surface area contributed by atoms with Crippen LogP contribution in [0, 0.1) is 20.8 Å². The van der Waals surface area contributed by atoms with E-state index in [1.165, 1.54) is 11.3 Å². The van der Waals surface area contributed by atoms with Crippen molar-refractivity contribution in [3.8, 4) is 0 Å². The maximum atomic E-state index is 12.4. The molecule has 0 aromatic carbocycles. The fourth-order valence-electron chi connectivity index (χ4n) is 2.01. The summed E-state index contributed by atoms with van der Waals surface area (Å²) in [5, 5.41) is 2.60. The van der Waals surface area contributed by atoms with Crippen LogP contribution in [0.25, 0.3) is 0 Å². The van der Waals surface area contributed by atoms with E-state index >= 15 is 0 Å². The van der Waals surface area contributed by atoms with E-state index in [1.54, 1.807) is 13.8 Å². The monoisotopic (exact) mass is 315 g/mol. The second kappa shape index (κ2) is 5.65. The quantitative estimate of drug-likeness (QED) is 0.873. The average molecular weight is 315 g/mol. The molecule has 2 rings (SSSR count). The minimum absolute atomic E-state index is 0.121. The van der Waals surface area contributed by atoms with Gasteiger partial charge in [-0.3, -0.25) is 0 Å². The average Bonchev–Trinajstić information content (AvgIpc) is 2.90. The summed E-state index contributed by atoms with van der Waals surface area (Å²) in [4.78, 5) is 4.37. The van der Waals surface area contributed by atoms with Crippen molar-refractivity contribution in [1.82, 2.24) is 9.71 Å². The van der Waals surface area contributed by atoms with E-state index in [1.807, 2.05) is 12.3 Å². The summed E-state index contributed by atoms with van der Waals surface area (Å²) < 4.78 is 32.7. The number of thiazole rings is 1. The van der Waals surface area contributed by atoms with Gasteiger partial charge < -0.3 is 10.2 Å². The van der Waals surface area contributed by atoms with E-state index in [9.17, 15) is 8.42 Å². The zero-order chi connectivity index (χ0) is 14.9. The highest BCUT2D eigenvalue weighted by Crippen LogP contribution is 2.26. The first kappa shape index (κ1) is 15.2. The first-order valence-corrected chi connectivity index (χ1v) is 8.41. The van der Waals surface area contributed by atoms with E-state index < -0.39 is 10.0 Å². The summed E-state index contributed by atoms with van der Waals surface area (Å²) in [6, 6.07) is 0. The lowest BCUT2D eigenvalue weighted by Gasteiger charge is -2.06. The van der Waals surface area contributed by atoms with Gasteiger partial charge in [-0.2, -0.15) is 0 Å². The molecule has 0 spiro atoms. The fourth-order valence-corrected chi connectivity index (χ4v) is 4.26. The third kappa shape index (κ3) is 2.93. The smallest absolute Gasteiger partial charge is 0.244 e. The first-order valence-electron chi connectivity index (χ1n) is 6.04. The Balaban J connectivity index is 2.27. The van der Waals surface area contributed by atoms with Gasteiger partial charge >= 0.3 is 0 Å². The summed E-state index contributed by atoms with van der Waals surface area (Å²) in [6.07, 6.45) is 0. The minimum Gasteiger partial charge on any atom is -0.465 e. The second-order valence-corrected chi connectivity index (χ2v) is 7.08. The van der Waals surface area contributed by atoms with Crippen LogP contribution in [0.2, 0.25) is 0 Å². The van der Waals surface area contributed by atoms with Crippen LogP contribution < -0.4 is 10.5 Å². The fraction of sp³-hybridized carbons (Fsp3) is 0.417. The number of aromatic nitrogens is 1. The van der Waals surface area contributed by atoms with Gasteiger partial charge in [0.1, 0.15) is 21.4 Å². The molecule has 0 bridgehead atoms. The molecule has 0 fully saturated rings. The summed E-state index contributed by atoms with van der Waals surface area (Å²) in [5.74, 6) is 0.890. The number of nitrogens with zero attached hydrogens (tertiary/aromatic N) is 1. The van der Waals surface area contributed by atoms with E-state index in [0.717, 1.165) is 10.7 Å². The van der Waals surface area contributed by atoms with Crippen molar-refractivity contribution in [3.63, 3.8) is 0 Å². The number of aryl methyl sites for hydroxylation is 3. The van der Waals surface area contributed by atoms with Crippen molar-refractivity contribution >= 4 is 21.4 Å². The molecule has 3 N–H and O–H groups in total. The summed E-state index contributed by atoms with van der Waals surface area (Å²) in [5.41, 5.74) is 7.01. The number of furan rings is 1. The van der Waals surface area contributed by atoms with E-state index in [-0.39, 0.29) is 18.0 Å². The molecule has 0 aliphatic rings. The molecular weight excluding hydrogens is 298 g/mol. The Morgan fingerprint density at radius 2 is 2.05 bits per heavy atom. The van der Waals surface area contributed by atoms with Crippen molar-refractivity contribution in [2.45, 2.75) is 38.8 Å². The van der Waals surface area contributed by atoms with Crippen LogP contribution in [-0.4, -0.2) is 13.4 Å². The van der Waals surface area contributed by atoms with Gasteiger partial charge in [0.25, 0.3) is 0 Å². The lowest BCUT2D eigenvalue weighted by molar-refractivity contribution is 0.494. The molecule has 8 heteroatoms. The Morgan fingerprint density at radius 1 is 1.35 bits per heavy atom. The third-order valence-corrected chi connectivity index (χ3v) is 5.44. The Hall–Kier alpha value is -1.22. The molecule has 0 saturated heterocycles. The summed E-state index contributed by atoms with van der Waals surface area (Å²) in [6.45, 7) is 5.47. The van der Waals surface area contributed by atoms with Crippen molar-refractivity contribution < 1.29 is 12.8 Å². The normalized spacial score (nSPS) is 12.0. The molecular formula is C12H17N3O3S2. The lowest BCUT2D eigenvalue weighted by atomic mass is 10.2. The predicted octanol–water partition coefficient (Wildman–Crippen LogP) is 1.60. The zero-order valence-electron chi connectivity index (χ0n) is 11.6. The van der Waals surface area contributed by atoms with Crippen LogP contribution in [0.4, 0.5) is 0 Å². The van der Waals surface area contributed by atoms with Gasteiger partial charge in [0, 0.05) is 23.2 Å². The van der Waals surface area contributed by atoms with Crippen LogP contribution in [0.1, 0.15) is 27.8 Å². The molecule has 0 saturated carbocycles. The SMILES string of the molecule is Cc1csc(CNS(=O)(=O)c2c(C)oc(C)c2CN)n1. The van der Waals surface area contributed by atoms with Gasteiger partial charge in [-0.25, -0.2) is 18.1 Å². The highest BCUT2D eigenvalue weighted by atomic mass is 32.2. The molecule has 6 nitrogen and oxygen atoms in total. The Kier molecular flexibility index (Phi) is 4.28. The molecule has 2 heterocycles. The van der Waals surface area contributed by atoms with Crippen molar-refractivity contribution in [2.24, 2.45) is 5.73 Å². The van der Waals surface area contributed by atoms with E-state index in [4.69, 9.17) is 10.2 Å². The van der Waals surface area contributed by atoms with Crippen molar-refractivity contribution in [2.75, 3.05) is 0 Å². The molecule has 0 amide bonds. The van der Waals surface area contributed by atoms with Crippen LogP contribution in [0.5, 0.6) is 0 Å².